The van der Waals surface area contributed by atoms with E-state index in [4.69, 9.17) is 5.26 Å². The summed E-state index contributed by atoms with van der Waals surface area (Å²) in [6.45, 7) is 2.49. The van der Waals surface area contributed by atoms with Crippen molar-refractivity contribution in [3.63, 3.8) is 0 Å². The van der Waals surface area contributed by atoms with E-state index in [9.17, 15) is 9.18 Å². The lowest BCUT2D eigenvalue weighted by Crippen LogP contribution is -2.49. The third kappa shape index (κ3) is 3.51. The van der Waals surface area contributed by atoms with Crippen LogP contribution in [0.3, 0.4) is 0 Å². The average Bonchev–Trinajstić information content (AvgIpc) is 2.64. The van der Waals surface area contributed by atoms with Gasteiger partial charge in [0.2, 0.25) is 5.91 Å². The van der Waals surface area contributed by atoms with Crippen molar-refractivity contribution in [2.75, 3.05) is 31.1 Å². The molecule has 24 heavy (non-hydrogen) atoms. The monoisotopic (exact) mass is 324 g/mol. The van der Waals surface area contributed by atoms with E-state index in [0.29, 0.717) is 37.3 Å². The van der Waals surface area contributed by atoms with Gasteiger partial charge in [-0.15, -0.1) is 0 Å². The number of amides is 1. The minimum atomic E-state index is -0.341. The summed E-state index contributed by atoms with van der Waals surface area (Å²) in [5.74, 6) is 0.397. The fourth-order valence-electron chi connectivity index (χ4n) is 2.74. The van der Waals surface area contributed by atoms with Gasteiger partial charge in [0.25, 0.3) is 0 Å². The molecule has 5 nitrogen and oxygen atoms in total. The number of nitrogens with zero attached hydrogens (tertiary/aromatic N) is 4. The fourth-order valence-corrected chi connectivity index (χ4v) is 2.74. The zero-order valence-corrected chi connectivity index (χ0v) is 13.2. The van der Waals surface area contributed by atoms with Gasteiger partial charge in [-0.2, -0.15) is 5.26 Å². The van der Waals surface area contributed by atoms with Crippen molar-refractivity contribution in [1.29, 1.82) is 5.26 Å². The summed E-state index contributed by atoms with van der Waals surface area (Å²) < 4.78 is 13.7. The molecule has 2 aromatic rings. The Bertz CT molecular complexity index is 761. The van der Waals surface area contributed by atoms with Gasteiger partial charge in [-0.05, 0) is 23.8 Å². The van der Waals surface area contributed by atoms with Crippen molar-refractivity contribution in [2.45, 2.75) is 6.42 Å². The maximum Gasteiger partial charge on any atom is 0.227 e. The summed E-state index contributed by atoms with van der Waals surface area (Å²) in [6, 6.07) is 12.0. The van der Waals surface area contributed by atoms with Crippen LogP contribution >= 0.6 is 0 Å². The molecule has 0 saturated carbocycles. The standard InChI is InChI=1S/C18H17FN4O/c19-16-4-2-1-3-15(16)11-18(24)23-9-7-22(8-10-23)17-6-5-14(12-20)13-21-17/h1-6,13H,7-11H2. The second-order valence-electron chi connectivity index (χ2n) is 5.65. The van der Waals surface area contributed by atoms with E-state index < -0.39 is 0 Å². The highest BCUT2D eigenvalue weighted by Crippen LogP contribution is 2.15. The Balaban J connectivity index is 1.57. The Morgan fingerprint density at radius 2 is 1.92 bits per heavy atom. The lowest BCUT2D eigenvalue weighted by atomic mass is 10.1. The van der Waals surface area contributed by atoms with Crippen molar-refractivity contribution >= 4 is 11.7 Å². The minimum Gasteiger partial charge on any atom is -0.353 e. The molecule has 122 valence electrons. The van der Waals surface area contributed by atoms with E-state index in [1.54, 1.807) is 35.4 Å². The number of hydrogen-bond donors (Lipinski definition) is 0. The van der Waals surface area contributed by atoms with Crippen LogP contribution in [0.5, 0.6) is 0 Å². The first-order valence-corrected chi connectivity index (χ1v) is 7.79. The molecule has 6 heteroatoms. The molecule has 0 radical (unpaired) electrons. The highest BCUT2D eigenvalue weighted by Gasteiger charge is 2.22. The molecule has 3 rings (SSSR count). The van der Waals surface area contributed by atoms with Crippen molar-refractivity contribution in [1.82, 2.24) is 9.88 Å². The van der Waals surface area contributed by atoms with Crippen LogP contribution in [0, 0.1) is 17.1 Å². The van der Waals surface area contributed by atoms with E-state index in [1.807, 2.05) is 12.1 Å². The van der Waals surface area contributed by atoms with Crippen LogP contribution in [-0.4, -0.2) is 42.0 Å². The predicted octanol–water partition coefficient (Wildman–Crippen LogP) is 1.98. The molecule has 0 aliphatic carbocycles. The maximum atomic E-state index is 13.7. The molecule has 1 saturated heterocycles. The van der Waals surface area contributed by atoms with Crippen LogP contribution in [0.2, 0.25) is 0 Å². The van der Waals surface area contributed by atoms with Crippen molar-refractivity contribution in [2.24, 2.45) is 0 Å². The zero-order chi connectivity index (χ0) is 16.9. The highest BCUT2D eigenvalue weighted by atomic mass is 19.1. The van der Waals surface area contributed by atoms with Gasteiger partial charge >= 0.3 is 0 Å². The first kappa shape index (κ1) is 15.9. The van der Waals surface area contributed by atoms with E-state index >= 15 is 0 Å². The molecule has 0 unspecified atom stereocenters. The first-order chi connectivity index (χ1) is 11.7. The molecule has 1 aromatic heterocycles. The molecule has 1 aromatic carbocycles. The number of aromatic nitrogens is 1. The largest absolute Gasteiger partial charge is 0.353 e. The Kier molecular flexibility index (Phi) is 4.71. The normalized spacial score (nSPS) is 14.3. The molecule has 1 amide bonds. The number of pyridine rings is 1. The van der Waals surface area contributed by atoms with Gasteiger partial charge in [0.15, 0.2) is 0 Å². The third-order valence-corrected chi connectivity index (χ3v) is 4.13. The van der Waals surface area contributed by atoms with Crippen LogP contribution in [0.1, 0.15) is 11.1 Å². The molecule has 0 spiro atoms. The first-order valence-electron chi connectivity index (χ1n) is 7.79. The van der Waals surface area contributed by atoms with Gasteiger partial charge in [-0.1, -0.05) is 18.2 Å². The SMILES string of the molecule is N#Cc1ccc(N2CCN(C(=O)Cc3ccccc3F)CC2)nc1. The Labute approximate surface area is 139 Å². The van der Waals surface area contributed by atoms with Crippen molar-refractivity contribution < 1.29 is 9.18 Å². The van der Waals surface area contributed by atoms with Crippen LogP contribution in [0.15, 0.2) is 42.6 Å². The van der Waals surface area contributed by atoms with Crippen LogP contribution in [-0.2, 0) is 11.2 Å². The smallest absolute Gasteiger partial charge is 0.227 e. The fraction of sp³-hybridized carbons (Fsp3) is 0.278. The zero-order valence-electron chi connectivity index (χ0n) is 13.2. The quantitative estimate of drug-likeness (QED) is 0.866. The number of anilines is 1. The number of nitriles is 1. The van der Waals surface area contributed by atoms with Crippen molar-refractivity contribution in [3.8, 4) is 6.07 Å². The summed E-state index contributed by atoms with van der Waals surface area (Å²) in [5.41, 5.74) is 0.955. The number of halogens is 1. The third-order valence-electron chi connectivity index (χ3n) is 4.13. The molecule has 1 aliphatic heterocycles. The highest BCUT2D eigenvalue weighted by molar-refractivity contribution is 5.79. The van der Waals surface area contributed by atoms with Crippen molar-refractivity contribution in [3.05, 3.63) is 59.5 Å². The van der Waals surface area contributed by atoms with E-state index in [-0.39, 0.29) is 18.1 Å². The summed E-state index contributed by atoms with van der Waals surface area (Å²) in [6.07, 6.45) is 1.63. The minimum absolute atomic E-state index is 0.0625. The molecular weight excluding hydrogens is 307 g/mol. The number of benzene rings is 1. The Morgan fingerprint density at radius 3 is 2.54 bits per heavy atom. The molecular formula is C18H17FN4O. The van der Waals surface area contributed by atoms with E-state index in [0.717, 1.165) is 5.82 Å². The maximum absolute atomic E-state index is 13.7. The summed E-state index contributed by atoms with van der Waals surface area (Å²) in [7, 11) is 0. The topological polar surface area (TPSA) is 60.2 Å². The van der Waals surface area contributed by atoms with Crippen LogP contribution < -0.4 is 4.90 Å². The molecule has 0 N–H and O–H groups in total. The number of piperazine rings is 1. The molecule has 0 bridgehead atoms. The molecule has 2 heterocycles. The summed E-state index contributed by atoms with van der Waals surface area (Å²) >= 11 is 0. The van der Waals surface area contributed by atoms with Gasteiger partial charge in [0, 0.05) is 32.4 Å². The second-order valence-corrected chi connectivity index (χ2v) is 5.65. The lowest BCUT2D eigenvalue weighted by Gasteiger charge is -2.35. The number of rotatable bonds is 3. The molecule has 1 aliphatic rings. The van der Waals surface area contributed by atoms with Gasteiger partial charge in [-0.3, -0.25) is 4.79 Å². The van der Waals surface area contributed by atoms with Crippen LogP contribution in [0.4, 0.5) is 10.2 Å². The van der Waals surface area contributed by atoms with Crippen LogP contribution in [0.25, 0.3) is 0 Å². The number of carbonyl (C=O) groups excluding carboxylic acids is 1. The molecule has 1 fully saturated rings. The predicted molar refractivity (Wildman–Crippen MR) is 87.8 cm³/mol. The Hall–Kier alpha value is -2.94. The van der Waals surface area contributed by atoms with Gasteiger partial charge in [0.05, 0.1) is 12.0 Å². The van der Waals surface area contributed by atoms with Gasteiger partial charge < -0.3 is 9.80 Å². The average molecular weight is 324 g/mol. The lowest BCUT2D eigenvalue weighted by molar-refractivity contribution is -0.130. The van der Waals surface area contributed by atoms with E-state index in [1.165, 1.54) is 6.07 Å². The van der Waals surface area contributed by atoms with E-state index in [2.05, 4.69) is 9.88 Å². The summed E-state index contributed by atoms with van der Waals surface area (Å²) in [4.78, 5) is 20.4. The Morgan fingerprint density at radius 1 is 1.17 bits per heavy atom. The van der Waals surface area contributed by atoms with Gasteiger partial charge in [0.1, 0.15) is 17.7 Å². The number of hydrogen-bond acceptors (Lipinski definition) is 4. The van der Waals surface area contributed by atoms with Gasteiger partial charge in [-0.25, -0.2) is 9.37 Å². The molecule has 0 atom stereocenters. The second kappa shape index (κ2) is 7.09. The number of carbonyl (C=O) groups is 1. The summed E-state index contributed by atoms with van der Waals surface area (Å²) in [5, 5.41) is 8.80.